The Balaban J connectivity index is 0.000000126. The number of halogens is 3. The highest BCUT2D eigenvalue weighted by Crippen LogP contribution is 2.31. The molecule has 19 rings (SSSR count). The summed E-state index contributed by atoms with van der Waals surface area (Å²) in [5.41, 5.74) is 40.5. The molecule has 0 spiro atoms. The maximum absolute atomic E-state index is 10.3. The number of alkyl halides is 3. The number of phenols is 1. The largest absolute Gasteiger partial charge is 0.506 e. The van der Waals surface area contributed by atoms with Crippen molar-refractivity contribution in [3.8, 4) is 63.0 Å². The van der Waals surface area contributed by atoms with E-state index >= 15 is 0 Å². The lowest BCUT2D eigenvalue weighted by atomic mass is 10.2. The van der Waals surface area contributed by atoms with Gasteiger partial charge in [0.2, 0.25) is 29.5 Å². The quantitative estimate of drug-likeness (QED) is 0.0164. The highest BCUT2D eigenvalue weighted by Gasteiger charge is 2.22. The number of nitrogens with one attached hydrogen (secondary N) is 3. The molecular formula is C90H83Cl3N12O12. The molecule has 117 heavy (non-hydrogen) atoms. The first-order valence-corrected chi connectivity index (χ1v) is 38.5. The predicted molar refractivity (Wildman–Crippen MR) is 466 cm³/mol. The molecule has 12 aromatic carbocycles. The third-order valence-electron chi connectivity index (χ3n) is 17.2. The molecule has 7 heterocycles. The number of aromatic nitrogens is 5. The average molecular weight is 1630 g/mol. The van der Waals surface area contributed by atoms with Crippen LogP contribution in [0.15, 0.2) is 313 Å². The number of oxazole rings is 5. The zero-order valence-corrected chi connectivity index (χ0v) is 65.2. The highest BCUT2D eigenvalue weighted by atomic mass is 35.5. The smallest absolute Gasteiger partial charge is 0.335 e. The zero-order chi connectivity index (χ0) is 81.8. The van der Waals surface area contributed by atoms with Gasteiger partial charge in [-0.1, -0.05) is 72.8 Å². The fourth-order valence-electron chi connectivity index (χ4n) is 10.7. The molecule has 0 aliphatic carbocycles. The van der Waals surface area contributed by atoms with Crippen LogP contribution >= 0.6 is 34.8 Å². The fraction of sp³-hybridized carbons (Fsp3) is 0.133. The number of carboxylic acid groups (broad SMARTS) is 1. The number of ether oxygens (including phenoxy) is 2. The molecule has 596 valence electrons. The van der Waals surface area contributed by atoms with Crippen LogP contribution in [0.3, 0.4) is 0 Å². The van der Waals surface area contributed by atoms with Crippen LogP contribution in [0, 0.1) is 0 Å². The van der Waals surface area contributed by atoms with Crippen LogP contribution in [-0.4, -0.2) is 126 Å². The Labute approximate surface area is 687 Å². The van der Waals surface area contributed by atoms with E-state index in [2.05, 4.69) is 40.9 Å². The number of para-hydroxylation sites is 12. The minimum absolute atomic E-state index is 0.146. The first-order chi connectivity index (χ1) is 57.0. The van der Waals surface area contributed by atoms with Crippen LogP contribution in [0.1, 0.15) is 10.4 Å². The standard InChI is InChI=1S/2C16H15ClN2O2.C16H14N2O2.2C13H10N2O.C7H7NO2.C6H7NO.C3H5ClO/c2*17-9-13(20)10-18-12-7-5-11(6-8-12)16-19-14-3-1-2-4-15(14)21-16;1-2-4-15-14(3-1)18-16(20-15)11-5-7-12(8-6-11)17-9-13-10-19-13;2*14-10-7-5-9(6-8-10)13-15-11-3-1-2-4-12(11)16-13;8-6-3-1-5(2-4-6)7(9)10;7-5-3-1-2-4-6(5)8;4-1-3-2-5-3/h2*1-8,13,18,20H,9-10H2;1-8,13,17H,9-10H2;2*1-8H,14H2;1-4H,8H2,(H,9,10);1-4,8H,7H2;3H,1-2H2. The van der Waals surface area contributed by atoms with Crippen LogP contribution in [0.25, 0.3) is 113 Å². The van der Waals surface area contributed by atoms with E-state index in [-0.39, 0.29) is 23.1 Å². The number of rotatable bonds is 18. The summed E-state index contributed by atoms with van der Waals surface area (Å²) in [7, 11) is 0. The van der Waals surface area contributed by atoms with E-state index in [9.17, 15) is 15.0 Å². The molecule has 4 unspecified atom stereocenters. The van der Waals surface area contributed by atoms with E-state index in [1.165, 1.54) is 12.1 Å². The van der Waals surface area contributed by atoms with Crippen molar-refractivity contribution in [1.29, 1.82) is 0 Å². The van der Waals surface area contributed by atoms with E-state index in [1.807, 2.05) is 243 Å². The summed E-state index contributed by atoms with van der Waals surface area (Å²) < 4.78 is 38.4. The predicted octanol–water partition coefficient (Wildman–Crippen LogP) is 19.0. The van der Waals surface area contributed by atoms with Crippen molar-refractivity contribution in [3.05, 3.63) is 297 Å². The summed E-state index contributed by atoms with van der Waals surface area (Å²) >= 11 is 16.4. The molecule has 4 atom stereocenters. The molecule has 2 aliphatic rings. The van der Waals surface area contributed by atoms with Gasteiger partial charge >= 0.3 is 5.97 Å². The number of epoxide rings is 2. The molecule has 0 amide bonds. The summed E-state index contributed by atoms with van der Waals surface area (Å²) in [6.45, 7) is 3.46. The normalized spacial score (nSPS) is 13.2. The Morgan fingerprint density at radius 2 is 0.632 bits per heavy atom. The van der Waals surface area contributed by atoms with Crippen molar-refractivity contribution in [3.63, 3.8) is 0 Å². The summed E-state index contributed by atoms with van der Waals surface area (Å²) in [5.74, 6) is 3.42. The first kappa shape index (κ1) is 83.0. The van der Waals surface area contributed by atoms with Crippen molar-refractivity contribution >= 4 is 136 Å². The monoisotopic (exact) mass is 1630 g/mol. The highest BCUT2D eigenvalue weighted by molar-refractivity contribution is 6.18. The number of aromatic hydroxyl groups is 1. The third-order valence-corrected chi connectivity index (χ3v) is 18.3. The van der Waals surface area contributed by atoms with Gasteiger partial charge in [-0.2, -0.15) is 0 Å². The zero-order valence-electron chi connectivity index (χ0n) is 62.9. The number of carbonyl (C=O) groups is 1. The Morgan fingerprint density at radius 3 is 0.872 bits per heavy atom. The Kier molecular flexibility index (Phi) is 29.5. The molecular weight excluding hydrogens is 1550 g/mol. The van der Waals surface area contributed by atoms with E-state index < -0.39 is 18.2 Å². The number of anilines is 7. The number of aliphatic hydroxyl groups excluding tert-OH is 2. The second kappa shape index (κ2) is 41.6. The molecule has 0 radical (unpaired) electrons. The third kappa shape index (κ3) is 25.0. The molecule has 0 saturated carbocycles. The maximum atomic E-state index is 10.3. The maximum Gasteiger partial charge on any atom is 0.335 e. The molecule has 0 bridgehead atoms. The lowest BCUT2D eigenvalue weighted by molar-refractivity contribution is 0.0696. The molecule has 15 N–H and O–H groups in total. The average Bonchev–Trinajstić information content (AvgIpc) is 1.70. The molecule has 17 aromatic rings. The van der Waals surface area contributed by atoms with Crippen LogP contribution < -0.4 is 38.9 Å². The number of hydrogen-bond donors (Lipinski definition) is 11. The van der Waals surface area contributed by atoms with Crippen LogP contribution in [0.5, 0.6) is 5.75 Å². The van der Waals surface area contributed by atoms with E-state index in [4.69, 9.17) is 99.5 Å². The summed E-state index contributed by atoms with van der Waals surface area (Å²) in [5, 5.41) is 45.6. The molecule has 27 heteroatoms. The van der Waals surface area contributed by atoms with Crippen LogP contribution in [0.4, 0.5) is 39.8 Å². The van der Waals surface area contributed by atoms with Gasteiger partial charge in [-0.3, -0.25) is 0 Å². The Morgan fingerprint density at radius 1 is 0.368 bits per heavy atom. The van der Waals surface area contributed by atoms with Gasteiger partial charge < -0.3 is 90.9 Å². The van der Waals surface area contributed by atoms with E-state index in [1.54, 1.807) is 36.4 Å². The van der Waals surface area contributed by atoms with Gasteiger partial charge in [0.1, 0.15) is 33.3 Å². The Bertz CT molecular complexity index is 5500. The van der Waals surface area contributed by atoms with Gasteiger partial charge in [-0.15, -0.1) is 34.8 Å². The molecule has 2 fully saturated rings. The van der Waals surface area contributed by atoms with Crippen molar-refractivity contribution in [2.24, 2.45) is 0 Å². The fourth-order valence-corrected chi connectivity index (χ4v) is 11.1. The molecule has 2 saturated heterocycles. The van der Waals surface area contributed by atoms with Gasteiger partial charge in [0.05, 0.1) is 66.5 Å². The SMILES string of the molecule is ClCC1CO1.Nc1ccc(-c2nc3ccccc3o2)cc1.Nc1ccc(-c2nc3ccccc3o2)cc1.Nc1ccc(C(=O)O)cc1.Nc1ccccc1O.OC(CCl)CNc1ccc(-c2nc3ccccc3o2)cc1.OC(CCl)CNc1ccc(-c2nc3ccccc3o2)cc1.c1ccc2oc(-c3ccc(NCC4CO4)cc3)nc2c1. The van der Waals surface area contributed by atoms with Gasteiger partial charge in [0.15, 0.2) is 27.9 Å². The minimum atomic E-state index is -0.931. The van der Waals surface area contributed by atoms with Crippen molar-refractivity contribution < 1.29 is 56.8 Å². The lowest BCUT2D eigenvalue weighted by Gasteiger charge is -2.09. The lowest BCUT2D eigenvalue weighted by Crippen LogP contribution is -2.20. The van der Waals surface area contributed by atoms with Crippen molar-refractivity contribution in [1.82, 2.24) is 24.9 Å². The van der Waals surface area contributed by atoms with Crippen LogP contribution in [-0.2, 0) is 9.47 Å². The topological polar surface area (TPSA) is 393 Å². The van der Waals surface area contributed by atoms with Gasteiger partial charge in [0.25, 0.3) is 0 Å². The first-order valence-electron chi connectivity index (χ1n) is 36.9. The number of nitrogens with two attached hydrogens (primary N) is 4. The number of nitrogens with zero attached hydrogens (tertiary/aromatic N) is 5. The second-order valence-electron chi connectivity index (χ2n) is 26.2. The number of fused-ring (bicyclic) bond motifs is 5. The van der Waals surface area contributed by atoms with Gasteiger partial charge in [-0.05, 0) is 218 Å². The molecule has 2 aliphatic heterocycles. The Hall–Kier alpha value is -13.4. The molecule has 5 aromatic heterocycles. The van der Waals surface area contributed by atoms with E-state index in [0.29, 0.717) is 72.0 Å². The summed E-state index contributed by atoms with van der Waals surface area (Å²) in [4.78, 5) is 32.5. The molecule has 24 nitrogen and oxygen atoms in total. The number of hydrogen-bond acceptors (Lipinski definition) is 23. The van der Waals surface area contributed by atoms with Gasteiger partial charge in [0, 0.05) is 81.6 Å². The number of phenolic OH excluding ortho intramolecular Hbond substituents is 1. The van der Waals surface area contributed by atoms with Crippen LogP contribution in [0.2, 0.25) is 0 Å². The van der Waals surface area contributed by atoms with E-state index in [0.717, 1.165) is 132 Å². The minimum Gasteiger partial charge on any atom is -0.506 e. The second-order valence-corrected chi connectivity index (χ2v) is 27.1. The number of benzene rings is 12. The van der Waals surface area contributed by atoms with Crippen molar-refractivity contribution in [2.75, 3.05) is 89.4 Å². The number of carboxylic acids is 1. The number of aliphatic hydroxyl groups is 2. The number of aromatic carboxylic acids is 1. The summed E-state index contributed by atoms with van der Waals surface area (Å²) in [6.07, 6.45) is -0.324. The van der Waals surface area contributed by atoms with Crippen molar-refractivity contribution in [2.45, 2.75) is 24.4 Å². The van der Waals surface area contributed by atoms with Gasteiger partial charge in [-0.25, -0.2) is 29.7 Å². The summed E-state index contributed by atoms with van der Waals surface area (Å²) in [6, 6.07) is 89.8. The number of nitrogen functional groups attached to an aromatic ring is 4.